The third kappa shape index (κ3) is 3.01. The number of benzene rings is 1. The zero-order valence-corrected chi connectivity index (χ0v) is 7.84. The van der Waals surface area contributed by atoms with E-state index >= 15 is 0 Å². The minimum absolute atomic E-state index is 0. The highest BCUT2D eigenvalue weighted by Gasteiger charge is 1.88. The van der Waals surface area contributed by atoms with Crippen LogP contribution in [0.1, 0.15) is 0 Å². The molecule has 0 amide bonds. The first-order chi connectivity index (χ1) is 4.86. The van der Waals surface area contributed by atoms with Gasteiger partial charge in [-0.1, -0.05) is 0 Å². The zero-order valence-electron chi connectivity index (χ0n) is 6.20. The summed E-state index contributed by atoms with van der Waals surface area (Å²) in [6, 6.07) is 7.96. The largest absolute Gasteiger partial charge is 0.324 e. The summed E-state index contributed by atoms with van der Waals surface area (Å²) in [6.07, 6.45) is 2.05. The second-order valence-corrected chi connectivity index (χ2v) is 2.75. The summed E-state index contributed by atoms with van der Waals surface area (Å²) in [5, 5.41) is 0. The Morgan fingerprint density at radius 3 is 2.18 bits per heavy atom. The Morgan fingerprint density at radius 2 is 1.82 bits per heavy atom. The van der Waals surface area contributed by atoms with E-state index in [1.165, 1.54) is 4.90 Å². The minimum atomic E-state index is 0. The van der Waals surface area contributed by atoms with E-state index in [4.69, 9.17) is 5.84 Å². The standard InChI is InChI=1S/C7H10N2S.ClH/c1-10-7-4-2-6(9-8)3-5-7;/h2-5,9H,8H2,1H3;1H. The van der Waals surface area contributed by atoms with Crippen LogP contribution in [0.5, 0.6) is 0 Å². The Hall–Kier alpha value is -0.380. The van der Waals surface area contributed by atoms with Gasteiger partial charge in [0.15, 0.2) is 0 Å². The van der Waals surface area contributed by atoms with Crippen molar-refractivity contribution in [1.29, 1.82) is 0 Å². The monoisotopic (exact) mass is 190 g/mol. The molecule has 0 fully saturated rings. The molecule has 0 spiro atoms. The van der Waals surface area contributed by atoms with Gasteiger partial charge in [0.05, 0.1) is 0 Å². The molecule has 1 aromatic carbocycles. The van der Waals surface area contributed by atoms with Gasteiger partial charge in [0, 0.05) is 10.6 Å². The first-order valence-electron chi connectivity index (χ1n) is 2.97. The maximum absolute atomic E-state index is 5.18. The van der Waals surface area contributed by atoms with Crippen molar-refractivity contribution in [3.05, 3.63) is 24.3 Å². The fourth-order valence-electron chi connectivity index (χ4n) is 0.687. The van der Waals surface area contributed by atoms with E-state index in [0.29, 0.717) is 0 Å². The van der Waals surface area contributed by atoms with Gasteiger partial charge in [-0.2, -0.15) is 0 Å². The number of nitrogen functional groups attached to an aromatic ring is 1. The molecule has 1 aromatic rings. The number of rotatable bonds is 2. The highest BCUT2D eigenvalue weighted by molar-refractivity contribution is 7.98. The van der Waals surface area contributed by atoms with E-state index in [-0.39, 0.29) is 12.4 Å². The lowest BCUT2D eigenvalue weighted by molar-refractivity contribution is 1.33. The molecular formula is C7H11ClN2S. The van der Waals surface area contributed by atoms with E-state index in [2.05, 4.69) is 5.43 Å². The van der Waals surface area contributed by atoms with Crippen molar-refractivity contribution in [3.8, 4) is 0 Å². The van der Waals surface area contributed by atoms with Gasteiger partial charge < -0.3 is 5.43 Å². The van der Waals surface area contributed by atoms with E-state index in [0.717, 1.165) is 5.69 Å². The fourth-order valence-corrected chi connectivity index (χ4v) is 1.10. The maximum Gasteiger partial charge on any atom is 0.0485 e. The van der Waals surface area contributed by atoms with Gasteiger partial charge in [-0.15, -0.1) is 24.2 Å². The number of thioether (sulfide) groups is 1. The Balaban J connectivity index is 0.000001000. The number of hydrazine groups is 1. The summed E-state index contributed by atoms with van der Waals surface area (Å²) >= 11 is 1.72. The highest BCUT2D eigenvalue weighted by atomic mass is 35.5. The highest BCUT2D eigenvalue weighted by Crippen LogP contribution is 2.16. The van der Waals surface area contributed by atoms with Gasteiger partial charge in [-0.25, -0.2) is 0 Å². The second kappa shape index (κ2) is 5.29. The van der Waals surface area contributed by atoms with Crippen LogP contribution in [0.15, 0.2) is 29.2 Å². The van der Waals surface area contributed by atoms with Gasteiger partial charge in [0.25, 0.3) is 0 Å². The van der Waals surface area contributed by atoms with E-state index in [1.807, 2.05) is 30.5 Å². The van der Waals surface area contributed by atoms with E-state index in [9.17, 15) is 0 Å². The first kappa shape index (κ1) is 10.6. The van der Waals surface area contributed by atoms with Crippen LogP contribution in [0.2, 0.25) is 0 Å². The van der Waals surface area contributed by atoms with Crippen molar-refractivity contribution in [1.82, 2.24) is 0 Å². The van der Waals surface area contributed by atoms with Crippen molar-refractivity contribution >= 4 is 29.9 Å². The normalized spacial score (nSPS) is 8.55. The SMILES string of the molecule is CSc1ccc(NN)cc1.Cl. The molecule has 0 aliphatic heterocycles. The number of anilines is 1. The van der Waals surface area contributed by atoms with Gasteiger partial charge >= 0.3 is 0 Å². The fraction of sp³-hybridized carbons (Fsp3) is 0.143. The maximum atomic E-state index is 5.18. The van der Waals surface area contributed by atoms with Gasteiger partial charge in [-0.3, -0.25) is 5.84 Å². The summed E-state index contributed by atoms with van der Waals surface area (Å²) in [4.78, 5) is 1.25. The zero-order chi connectivity index (χ0) is 7.40. The molecule has 0 bridgehead atoms. The molecule has 11 heavy (non-hydrogen) atoms. The Labute approximate surface area is 76.9 Å². The molecule has 0 radical (unpaired) electrons. The summed E-state index contributed by atoms with van der Waals surface area (Å²) < 4.78 is 0. The van der Waals surface area contributed by atoms with Crippen LogP contribution in [0.4, 0.5) is 5.69 Å². The number of nitrogens with two attached hydrogens (primary N) is 1. The van der Waals surface area contributed by atoms with Crippen molar-refractivity contribution in [2.24, 2.45) is 5.84 Å². The molecule has 0 heterocycles. The molecule has 0 saturated heterocycles. The molecule has 0 aliphatic carbocycles. The molecule has 4 heteroatoms. The number of hydrogen-bond acceptors (Lipinski definition) is 3. The molecule has 3 N–H and O–H groups in total. The molecule has 0 saturated carbocycles. The summed E-state index contributed by atoms with van der Waals surface area (Å²) in [7, 11) is 0. The average molecular weight is 191 g/mol. The van der Waals surface area contributed by atoms with Gasteiger partial charge in [0.2, 0.25) is 0 Å². The molecule has 0 aromatic heterocycles. The first-order valence-corrected chi connectivity index (χ1v) is 4.20. The quantitative estimate of drug-likeness (QED) is 0.426. The smallest absolute Gasteiger partial charge is 0.0485 e. The third-order valence-corrected chi connectivity index (χ3v) is 2.00. The molecule has 1 rings (SSSR count). The lowest BCUT2D eigenvalue weighted by Crippen LogP contribution is -2.05. The van der Waals surface area contributed by atoms with Crippen LogP contribution in [0.3, 0.4) is 0 Å². The lowest BCUT2D eigenvalue weighted by atomic mass is 10.3. The van der Waals surface area contributed by atoms with Crippen molar-refractivity contribution in [2.75, 3.05) is 11.7 Å². The van der Waals surface area contributed by atoms with E-state index < -0.39 is 0 Å². The second-order valence-electron chi connectivity index (χ2n) is 1.87. The molecule has 0 unspecified atom stereocenters. The molecule has 2 nitrogen and oxygen atoms in total. The molecule has 0 aliphatic rings. The summed E-state index contributed by atoms with van der Waals surface area (Å²) in [5.74, 6) is 5.18. The minimum Gasteiger partial charge on any atom is -0.324 e. The number of halogens is 1. The predicted molar refractivity (Wildman–Crippen MR) is 53.3 cm³/mol. The third-order valence-electron chi connectivity index (χ3n) is 1.26. The topological polar surface area (TPSA) is 38.0 Å². The van der Waals surface area contributed by atoms with Crippen LogP contribution in [0.25, 0.3) is 0 Å². The van der Waals surface area contributed by atoms with Crippen LogP contribution < -0.4 is 11.3 Å². The van der Waals surface area contributed by atoms with Gasteiger partial charge in [0.1, 0.15) is 0 Å². The Kier molecular flexibility index (Phi) is 5.11. The van der Waals surface area contributed by atoms with Crippen molar-refractivity contribution in [2.45, 2.75) is 4.90 Å². The summed E-state index contributed by atoms with van der Waals surface area (Å²) in [6.45, 7) is 0. The van der Waals surface area contributed by atoms with Crippen LogP contribution in [-0.4, -0.2) is 6.26 Å². The predicted octanol–water partition coefficient (Wildman–Crippen LogP) is 2.12. The average Bonchev–Trinajstić information content (AvgIpc) is 2.05. The van der Waals surface area contributed by atoms with Crippen LogP contribution in [-0.2, 0) is 0 Å². The van der Waals surface area contributed by atoms with Gasteiger partial charge in [-0.05, 0) is 30.5 Å². The molecule has 62 valence electrons. The van der Waals surface area contributed by atoms with Crippen LogP contribution >= 0.6 is 24.2 Å². The summed E-state index contributed by atoms with van der Waals surface area (Å²) in [5.41, 5.74) is 3.51. The van der Waals surface area contributed by atoms with Crippen molar-refractivity contribution in [3.63, 3.8) is 0 Å². The van der Waals surface area contributed by atoms with E-state index in [1.54, 1.807) is 11.8 Å². The van der Waals surface area contributed by atoms with Crippen LogP contribution in [0, 0.1) is 0 Å². The Bertz CT molecular complexity index is 177. The lowest BCUT2D eigenvalue weighted by Gasteiger charge is -1.99. The molecular weight excluding hydrogens is 180 g/mol. The number of hydrogen-bond donors (Lipinski definition) is 2. The number of nitrogens with one attached hydrogen (secondary N) is 1. The van der Waals surface area contributed by atoms with Crippen molar-refractivity contribution < 1.29 is 0 Å². The Morgan fingerprint density at radius 1 is 1.27 bits per heavy atom. The molecule has 0 atom stereocenters.